The first-order chi connectivity index (χ1) is 13.5. The number of hydrogen-bond acceptors (Lipinski definition) is 6. The molecule has 0 saturated carbocycles. The molecule has 0 radical (unpaired) electrons. The molecule has 28 heavy (non-hydrogen) atoms. The first-order valence-electron chi connectivity index (χ1n) is 8.77. The summed E-state index contributed by atoms with van der Waals surface area (Å²) in [5.74, 6) is 0.130. The maximum atomic E-state index is 13.9. The number of anilines is 1. The number of hydrogen-bond donors (Lipinski definition) is 2. The number of rotatable bonds is 1. The topological polar surface area (TPSA) is 104 Å². The molecule has 2 aromatic heterocycles. The largest absolute Gasteiger partial charge is 0.489 e. The van der Waals surface area contributed by atoms with Crippen LogP contribution in [0.3, 0.4) is 0 Å². The first-order valence-corrected chi connectivity index (χ1v) is 8.77. The van der Waals surface area contributed by atoms with Gasteiger partial charge in [0.2, 0.25) is 0 Å². The Hall–Kier alpha value is -3.67. The molecule has 1 aliphatic rings. The number of nitriles is 1. The van der Waals surface area contributed by atoms with E-state index in [9.17, 15) is 14.4 Å². The predicted octanol–water partition coefficient (Wildman–Crippen LogP) is 2.45. The zero-order valence-corrected chi connectivity index (χ0v) is 15.0. The van der Waals surface area contributed by atoms with Crippen molar-refractivity contribution in [2.75, 3.05) is 11.9 Å². The minimum atomic E-state index is -0.548. The van der Waals surface area contributed by atoms with Gasteiger partial charge in [-0.15, -0.1) is 0 Å². The summed E-state index contributed by atoms with van der Waals surface area (Å²) < 4.78 is 21.4. The zero-order chi connectivity index (χ0) is 19.7. The van der Waals surface area contributed by atoms with Gasteiger partial charge < -0.3 is 15.4 Å². The number of fused-ring (bicyclic) bond motifs is 2. The van der Waals surface area contributed by atoms with Crippen LogP contribution in [0.5, 0.6) is 5.75 Å². The van der Waals surface area contributed by atoms with Crippen LogP contribution in [0.1, 0.15) is 35.3 Å². The van der Waals surface area contributed by atoms with Gasteiger partial charge in [-0.05, 0) is 31.2 Å². The van der Waals surface area contributed by atoms with Crippen molar-refractivity contribution in [2.45, 2.75) is 25.5 Å². The fraction of sp³-hybridized carbons (Fsp3) is 0.263. The van der Waals surface area contributed by atoms with Gasteiger partial charge >= 0.3 is 0 Å². The van der Waals surface area contributed by atoms with Crippen molar-refractivity contribution in [1.82, 2.24) is 19.9 Å². The van der Waals surface area contributed by atoms with Crippen LogP contribution >= 0.6 is 0 Å². The Kier molecular flexibility index (Phi) is 4.53. The maximum Gasteiger partial charge on any atom is 0.256 e. The number of ether oxygens (including phenoxy) is 1. The van der Waals surface area contributed by atoms with Gasteiger partial charge in [-0.25, -0.2) is 13.9 Å². The van der Waals surface area contributed by atoms with E-state index >= 15 is 0 Å². The van der Waals surface area contributed by atoms with Crippen molar-refractivity contribution in [3.63, 3.8) is 0 Å². The van der Waals surface area contributed by atoms with E-state index < -0.39 is 11.9 Å². The van der Waals surface area contributed by atoms with Crippen molar-refractivity contribution in [2.24, 2.45) is 0 Å². The number of benzene rings is 1. The lowest BCUT2D eigenvalue weighted by Gasteiger charge is -2.22. The SMILES string of the molecule is C[C@H]1CNC(=O)c2cnn3ccc(nc23)N[C@H](CC#N)c2cc(F)ccc2O1. The highest BCUT2D eigenvalue weighted by Crippen LogP contribution is 2.31. The van der Waals surface area contributed by atoms with Gasteiger partial charge in [-0.2, -0.15) is 10.4 Å². The van der Waals surface area contributed by atoms with Crippen molar-refractivity contribution in [3.8, 4) is 11.8 Å². The second-order valence-corrected chi connectivity index (χ2v) is 6.52. The summed E-state index contributed by atoms with van der Waals surface area (Å²) >= 11 is 0. The van der Waals surface area contributed by atoms with Crippen LogP contribution in [0.4, 0.5) is 10.2 Å². The smallest absolute Gasteiger partial charge is 0.256 e. The van der Waals surface area contributed by atoms with Crippen LogP contribution in [0.25, 0.3) is 5.65 Å². The zero-order valence-electron chi connectivity index (χ0n) is 15.0. The molecule has 3 aromatic rings. The van der Waals surface area contributed by atoms with E-state index in [1.807, 2.05) is 0 Å². The Labute approximate surface area is 159 Å². The third-order valence-corrected chi connectivity index (χ3v) is 4.46. The lowest BCUT2D eigenvalue weighted by atomic mass is 10.0. The van der Waals surface area contributed by atoms with Gasteiger partial charge in [0.1, 0.15) is 29.1 Å². The van der Waals surface area contributed by atoms with Crippen LogP contribution in [-0.4, -0.2) is 33.2 Å². The van der Waals surface area contributed by atoms with Gasteiger partial charge in [0.25, 0.3) is 5.91 Å². The number of carbonyl (C=O) groups is 1. The highest BCUT2D eigenvalue weighted by atomic mass is 19.1. The maximum absolute atomic E-state index is 13.9. The Morgan fingerprint density at radius 2 is 2.29 bits per heavy atom. The number of nitrogens with one attached hydrogen (secondary N) is 2. The molecule has 2 atom stereocenters. The van der Waals surface area contributed by atoms with Crippen molar-refractivity contribution >= 4 is 17.4 Å². The van der Waals surface area contributed by atoms with E-state index in [4.69, 9.17) is 4.74 Å². The summed E-state index contributed by atoms with van der Waals surface area (Å²) in [5, 5.41) is 19.4. The Morgan fingerprint density at radius 3 is 3.11 bits per heavy atom. The van der Waals surface area contributed by atoms with Gasteiger partial charge in [0, 0.05) is 11.8 Å². The minimum Gasteiger partial charge on any atom is -0.489 e. The molecule has 1 amide bonds. The molecule has 2 N–H and O–H groups in total. The van der Waals surface area contributed by atoms with E-state index in [1.165, 1.54) is 28.9 Å². The molecule has 3 heterocycles. The molecule has 1 aromatic carbocycles. The average molecular weight is 380 g/mol. The van der Waals surface area contributed by atoms with E-state index in [1.54, 1.807) is 19.2 Å². The Morgan fingerprint density at radius 1 is 1.43 bits per heavy atom. The number of halogens is 1. The molecule has 0 saturated heterocycles. The summed E-state index contributed by atoms with van der Waals surface area (Å²) in [7, 11) is 0. The van der Waals surface area contributed by atoms with Crippen molar-refractivity contribution in [1.29, 1.82) is 5.26 Å². The minimum absolute atomic E-state index is 0.0738. The summed E-state index contributed by atoms with van der Waals surface area (Å²) in [6, 6.07) is 7.41. The molecular formula is C19H17FN6O2. The molecule has 4 rings (SSSR count). The summed E-state index contributed by atoms with van der Waals surface area (Å²) in [5.41, 5.74) is 1.22. The van der Waals surface area contributed by atoms with E-state index in [0.717, 1.165) is 0 Å². The van der Waals surface area contributed by atoms with Gasteiger partial charge in [-0.3, -0.25) is 4.79 Å². The normalized spacial score (nSPS) is 19.2. The monoisotopic (exact) mass is 380 g/mol. The Balaban J connectivity index is 1.85. The number of nitrogens with zero attached hydrogens (tertiary/aromatic N) is 4. The molecule has 2 bridgehead atoms. The molecule has 1 aliphatic heterocycles. The molecule has 0 spiro atoms. The van der Waals surface area contributed by atoms with Crippen LogP contribution < -0.4 is 15.4 Å². The number of aromatic nitrogens is 3. The molecule has 9 heteroatoms. The fourth-order valence-electron chi connectivity index (χ4n) is 3.11. The second kappa shape index (κ2) is 7.15. The second-order valence-electron chi connectivity index (χ2n) is 6.52. The van der Waals surface area contributed by atoms with E-state index in [-0.39, 0.29) is 25.0 Å². The highest BCUT2D eigenvalue weighted by molar-refractivity contribution is 5.99. The lowest BCUT2D eigenvalue weighted by Crippen LogP contribution is -2.33. The summed E-state index contributed by atoms with van der Waals surface area (Å²) in [6.45, 7) is 2.04. The molecule has 0 unspecified atom stereocenters. The highest BCUT2D eigenvalue weighted by Gasteiger charge is 2.22. The Bertz CT molecular complexity index is 1090. The van der Waals surface area contributed by atoms with Crippen molar-refractivity contribution < 1.29 is 13.9 Å². The first kappa shape index (κ1) is 17.7. The van der Waals surface area contributed by atoms with Crippen LogP contribution in [0.15, 0.2) is 36.7 Å². The molecule has 142 valence electrons. The molecule has 0 fully saturated rings. The van der Waals surface area contributed by atoms with E-state index in [0.29, 0.717) is 28.3 Å². The van der Waals surface area contributed by atoms with Crippen LogP contribution in [0, 0.1) is 17.1 Å². The third kappa shape index (κ3) is 3.32. The van der Waals surface area contributed by atoms with Gasteiger partial charge in [0.15, 0.2) is 5.65 Å². The summed E-state index contributed by atoms with van der Waals surface area (Å²) in [4.78, 5) is 17.0. The molecule has 0 aliphatic carbocycles. The fourth-order valence-corrected chi connectivity index (χ4v) is 3.11. The summed E-state index contributed by atoms with van der Waals surface area (Å²) in [6.07, 6.45) is 2.81. The van der Waals surface area contributed by atoms with Crippen molar-refractivity contribution in [3.05, 3.63) is 53.6 Å². The number of carbonyl (C=O) groups excluding carboxylic acids is 1. The number of amides is 1. The third-order valence-electron chi connectivity index (χ3n) is 4.46. The van der Waals surface area contributed by atoms with Crippen LogP contribution in [-0.2, 0) is 0 Å². The standard InChI is InChI=1S/C19H17FN6O2/c1-11-9-22-19(27)14-10-23-26-7-5-17(25-18(14)26)24-15(4-6-21)13-8-12(20)2-3-16(13)28-11/h2-3,5,7-8,10-11,15H,4,9H2,1H3,(H,22,27)(H,24,25)/t11-,15+/m0/s1. The lowest BCUT2D eigenvalue weighted by molar-refractivity contribution is 0.0933. The average Bonchev–Trinajstić information content (AvgIpc) is 3.10. The molecular weight excluding hydrogens is 363 g/mol. The predicted molar refractivity (Wildman–Crippen MR) is 98.4 cm³/mol. The van der Waals surface area contributed by atoms with E-state index in [2.05, 4.69) is 26.8 Å². The quantitative estimate of drug-likeness (QED) is 0.672. The van der Waals surface area contributed by atoms with Crippen LogP contribution in [0.2, 0.25) is 0 Å². The van der Waals surface area contributed by atoms with Gasteiger partial charge in [-0.1, -0.05) is 0 Å². The van der Waals surface area contributed by atoms with Gasteiger partial charge in [0.05, 0.1) is 31.3 Å². The molecule has 8 nitrogen and oxygen atoms in total.